The van der Waals surface area contributed by atoms with E-state index >= 15 is 0 Å². The summed E-state index contributed by atoms with van der Waals surface area (Å²) in [5.41, 5.74) is 4.74. The van der Waals surface area contributed by atoms with Crippen molar-refractivity contribution in [3.05, 3.63) is 65.1 Å². The first-order valence-electron chi connectivity index (χ1n) is 11.9. The van der Waals surface area contributed by atoms with Gasteiger partial charge in [0.1, 0.15) is 18.1 Å². The molecular weight excluding hydrogens is 455 g/mol. The molecule has 3 aromatic rings. The maximum atomic E-state index is 14.3. The van der Waals surface area contributed by atoms with Crippen LogP contribution in [0.3, 0.4) is 0 Å². The molecule has 1 fully saturated rings. The number of benzene rings is 2. The van der Waals surface area contributed by atoms with Crippen molar-refractivity contribution in [3.8, 4) is 22.4 Å². The summed E-state index contributed by atoms with van der Waals surface area (Å²) in [6, 6.07) is 15.0. The molecular formula is C27H30ClFN2O3. The van der Waals surface area contributed by atoms with E-state index in [1.54, 1.807) is 6.07 Å². The molecule has 5 nitrogen and oxygen atoms in total. The number of carbonyl (C=O) groups is 1. The number of halogens is 2. The predicted molar refractivity (Wildman–Crippen MR) is 131 cm³/mol. The van der Waals surface area contributed by atoms with Gasteiger partial charge in [-0.2, -0.15) is 5.10 Å². The van der Waals surface area contributed by atoms with Crippen LogP contribution in [0.25, 0.3) is 22.4 Å². The average Bonchev–Trinajstić information content (AvgIpc) is 3.20. The Labute approximate surface area is 204 Å². The van der Waals surface area contributed by atoms with Crippen molar-refractivity contribution < 1.29 is 19.0 Å². The minimum atomic E-state index is -0.926. The second-order valence-corrected chi connectivity index (χ2v) is 9.40. The van der Waals surface area contributed by atoms with Crippen molar-refractivity contribution in [2.24, 2.45) is 11.8 Å². The van der Waals surface area contributed by atoms with Crippen LogP contribution < -0.4 is 0 Å². The van der Waals surface area contributed by atoms with E-state index in [9.17, 15) is 9.18 Å². The van der Waals surface area contributed by atoms with E-state index in [0.29, 0.717) is 24.0 Å². The molecule has 34 heavy (non-hydrogen) atoms. The normalized spacial score (nSPS) is 18.2. The van der Waals surface area contributed by atoms with Gasteiger partial charge >= 0.3 is 5.97 Å². The predicted octanol–water partition coefficient (Wildman–Crippen LogP) is 6.48. The highest BCUT2D eigenvalue weighted by atomic mass is 35.5. The van der Waals surface area contributed by atoms with Gasteiger partial charge in [0.25, 0.3) is 0 Å². The summed E-state index contributed by atoms with van der Waals surface area (Å²) >= 11 is 5.94. The lowest BCUT2D eigenvalue weighted by Gasteiger charge is -2.28. The summed E-state index contributed by atoms with van der Waals surface area (Å²) in [5.74, 6) is -0.482. The molecule has 0 spiro atoms. The number of carboxylic acid groups (broad SMARTS) is 1. The van der Waals surface area contributed by atoms with E-state index in [-0.39, 0.29) is 11.6 Å². The summed E-state index contributed by atoms with van der Waals surface area (Å²) in [7, 11) is 0. The highest BCUT2D eigenvalue weighted by Crippen LogP contribution is 2.37. The highest BCUT2D eigenvalue weighted by Gasteiger charge is 2.25. The van der Waals surface area contributed by atoms with E-state index in [1.807, 2.05) is 24.3 Å². The Balaban J connectivity index is 1.58. The summed E-state index contributed by atoms with van der Waals surface area (Å²) in [5, 5.41) is 13.9. The molecule has 0 radical (unpaired) electrons. The summed E-state index contributed by atoms with van der Waals surface area (Å²) < 4.78 is 21.7. The quantitative estimate of drug-likeness (QED) is 0.377. The molecule has 2 aromatic carbocycles. The van der Waals surface area contributed by atoms with Gasteiger partial charge in [0.2, 0.25) is 0 Å². The van der Waals surface area contributed by atoms with Gasteiger partial charge in [0, 0.05) is 23.4 Å². The third-order valence-corrected chi connectivity index (χ3v) is 6.93. The molecule has 1 heterocycles. The SMILES string of the molecule is CCc1c(-c2ccccc2)c(-c2ccc(Cl)c(F)c2)nn1CC1CCC(COCC(=O)O)CC1. The van der Waals surface area contributed by atoms with Crippen molar-refractivity contribution in [3.63, 3.8) is 0 Å². The third-order valence-electron chi connectivity index (χ3n) is 6.62. The molecule has 0 unspecified atom stereocenters. The molecule has 7 heteroatoms. The van der Waals surface area contributed by atoms with Crippen LogP contribution >= 0.6 is 11.6 Å². The molecule has 0 bridgehead atoms. The smallest absolute Gasteiger partial charge is 0.329 e. The van der Waals surface area contributed by atoms with E-state index in [0.717, 1.165) is 61.2 Å². The van der Waals surface area contributed by atoms with Gasteiger partial charge < -0.3 is 9.84 Å². The molecule has 1 N–H and O–H groups in total. The lowest BCUT2D eigenvalue weighted by molar-refractivity contribution is -0.142. The average molecular weight is 485 g/mol. The molecule has 1 aliphatic rings. The topological polar surface area (TPSA) is 64.4 Å². The summed E-state index contributed by atoms with van der Waals surface area (Å²) in [4.78, 5) is 10.7. The van der Waals surface area contributed by atoms with Crippen molar-refractivity contribution in [2.75, 3.05) is 13.2 Å². The largest absolute Gasteiger partial charge is 0.480 e. The van der Waals surface area contributed by atoms with E-state index < -0.39 is 11.8 Å². The van der Waals surface area contributed by atoms with Crippen molar-refractivity contribution in [2.45, 2.75) is 45.6 Å². The van der Waals surface area contributed by atoms with Crippen LogP contribution in [0.5, 0.6) is 0 Å². The number of hydrogen-bond donors (Lipinski definition) is 1. The molecule has 1 saturated carbocycles. The van der Waals surface area contributed by atoms with Crippen molar-refractivity contribution in [1.29, 1.82) is 0 Å². The molecule has 0 aliphatic heterocycles. The molecule has 0 saturated heterocycles. The lowest BCUT2D eigenvalue weighted by atomic mass is 9.82. The molecule has 1 aromatic heterocycles. The van der Waals surface area contributed by atoms with Crippen LogP contribution in [0.1, 0.15) is 38.3 Å². The first-order valence-corrected chi connectivity index (χ1v) is 12.2. The van der Waals surface area contributed by atoms with Gasteiger partial charge in [-0.25, -0.2) is 9.18 Å². The van der Waals surface area contributed by atoms with Crippen molar-refractivity contribution in [1.82, 2.24) is 9.78 Å². The molecule has 0 amide bonds. The van der Waals surface area contributed by atoms with Gasteiger partial charge in [-0.1, -0.05) is 54.9 Å². The number of hydrogen-bond acceptors (Lipinski definition) is 3. The molecule has 180 valence electrons. The van der Waals surface area contributed by atoms with Gasteiger partial charge in [-0.3, -0.25) is 4.68 Å². The fraction of sp³-hybridized carbons (Fsp3) is 0.407. The summed E-state index contributed by atoms with van der Waals surface area (Å²) in [6.07, 6.45) is 4.96. The maximum absolute atomic E-state index is 14.3. The van der Waals surface area contributed by atoms with Gasteiger partial charge in [0.15, 0.2) is 0 Å². The number of carboxylic acids is 1. The van der Waals surface area contributed by atoms with Crippen LogP contribution in [0.2, 0.25) is 5.02 Å². The first kappa shape index (κ1) is 24.4. The van der Waals surface area contributed by atoms with Crippen LogP contribution in [0, 0.1) is 17.7 Å². The number of nitrogens with zero attached hydrogens (tertiary/aromatic N) is 2. The number of aliphatic carboxylic acids is 1. The van der Waals surface area contributed by atoms with Crippen LogP contribution in [0.15, 0.2) is 48.5 Å². The fourth-order valence-corrected chi connectivity index (χ4v) is 5.02. The highest BCUT2D eigenvalue weighted by molar-refractivity contribution is 6.30. The lowest BCUT2D eigenvalue weighted by Crippen LogP contribution is -2.23. The van der Waals surface area contributed by atoms with Crippen LogP contribution in [0.4, 0.5) is 4.39 Å². The molecule has 0 atom stereocenters. The zero-order valence-corrected chi connectivity index (χ0v) is 20.1. The summed E-state index contributed by atoms with van der Waals surface area (Å²) in [6.45, 7) is 3.21. The zero-order chi connectivity index (χ0) is 24.1. The molecule has 4 rings (SSSR count). The van der Waals surface area contributed by atoms with E-state index in [1.165, 1.54) is 6.07 Å². The van der Waals surface area contributed by atoms with Crippen molar-refractivity contribution >= 4 is 17.6 Å². The Bertz CT molecular complexity index is 1120. The van der Waals surface area contributed by atoms with Crippen LogP contribution in [-0.4, -0.2) is 34.1 Å². The maximum Gasteiger partial charge on any atom is 0.329 e. The Morgan fingerprint density at radius 3 is 2.47 bits per heavy atom. The second-order valence-electron chi connectivity index (χ2n) is 9.00. The number of rotatable bonds is 9. The minimum absolute atomic E-state index is 0.101. The Morgan fingerprint density at radius 1 is 1.12 bits per heavy atom. The van der Waals surface area contributed by atoms with Crippen LogP contribution in [-0.2, 0) is 22.5 Å². The third kappa shape index (κ3) is 5.68. The van der Waals surface area contributed by atoms with Gasteiger partial charge in [-0.15, -0.1) is 0 Å². The number of aromatic nitrogens is 2. The molecule has 1 aliphatic carbocycles. The fourth-order valence-electron chi connectivity index (χ4n) is 4.90. The number of ether oxygens (including phenoxy) is 1. The Morgan fingerprint density at radius 2 is 1.82 bits per heavy atom. The first-order chi connectivity index (χ1) is 16.5. The van der Waals surface area contributed by atoms with E-state index in [2.05, 4.69) is 23.7 Å². The van der Waals surface area contributed by atoms with Gasteiger partial charge in [-0.05, 0) is 61.6 Å². The Hall–Kier alpha value is -2.70. The zero-order valence-electron chi connectivity index (χ0n) is 19.3. The van der Waals surface area contributed by atoms with Gasteiger partial charge in [0.05, 0.1) is 11.6 Å². The monoisotopic (exact) mass is 484 g/mol. The van der Waals surface area contributed by atoms with E-state index in [4.69, 9.17) is 26.5 Å². The second kappa shape index (κ2) is 11.2. The minimum Gasteiger partial charge on any atom is -0.480 e. The Kier molecular flexibility index (Phi) is 8.01. The standard InChI is InChI=1S/C27H30ClFN2O3/c1-2-24-26(20-6-4-3-5-7-20)27(21-12-13-22(28)23(29)14-21)30-31(24)15-18-8-10-19(11-9-18)16-34-17-25(32)33/h3-7,12-14,18-19H,2,8-11,15-17H2,1H3,(H,32,33).